The molecule has 0 unspecified atom stereocenters. The topological polar surface area (TPSA) is 38.8 Å². The molecule has 0 saturated carbocycles. The van der Waals surface area contributed by atoms with Crippen LogP contribution in [0.15, 0.2) is 18.2 Å². The number of hydrogen-bond acceptors (Lipinski definition) is 3. The van der Waals surface area contributed by atoms with Gasteiger partial charge < -0.3 is 14.2 Å². The summed E-state index contributed by atoms with van der Waals surface area (Å²) in [7, 11) is -0.907. The Morgan fingerprint density at radius 3 is 2.11 bits per heavy atom. The highest BCUT2D eigenvalue weighted by Crippen LogP contribution is 2.37. The number of amides is 1. The van der Waals surface area contributed by atoms with Gasteiger partial charge in [-0.25, -0.2) is 0 Å². The maximum atomic E-state index is 13.7. The SMILES string of the molecule is CC1(C)OB(c2ccc(C(=O)N3CCCCC3)c(C(F)(F)F)c2)OC1(C)C. The van der Waals surface area contributed by atoms with Gasteiger partial charge in [0.1, 0.15) is 0 Å². The lowest BCUT2D eigenvalue weighted by atomic mass is 9.77. The van der Waals surface area contributed by atoms with Crippen molar-refractivity contribution in [1.29, 1.82) is 0 Å². The molecule has 0 atom stereocenters. The molecule has 1 aromatic carbocycles. The number of hydrogen-bond donors (Lipinski definition) is 0. The zero-order valence-electron chi connectivity index (χ0n) is 16.2. The Kier molecular flexibility index (Phi) is 5.10. The molecule has 0 spiro atoms. The van der Waals surface area contributed by atoms with Crippen LogP contribution < -0.4 is 5.46 Å². The van der Waals surface area contributed by atoms with Gasteiger partial charge in [-0.05, 0) is 64.6 Å². The molecular formula is C19H25BF3NO3. The molecular weight excluding hydrogens is 358 g/mol. The number of carbonyl (C=O) groups is 1. The molecule has 0 bridgehead atoms. The van der Waals surface area contributed by atoms with Crippen LogP contribution in [0.1, 0.15) is 62.9 Å². The summed E-state index contributed by atoms with van der Waals surface area (Å²) in [5, 5.41) is 0. The second-order valence-corrected chi connectivity index (χ2v) is 8.24. The lowest BCUT2D eigenvalue weighted by molar-refractivity contribution is -0.138. The fourth-order valence-corrected chi connectivity index (χ4v) is 3.38. The normalized spacial score (nSPS) is 22.2. The fraction of sp³-hybridized carbons (Fsp3) is 0.632. The van der Waals surface area contributed by atoms with Gasteiger partial charge in [-0.3, -0.25) is 4.79 Å². The Morgan fingerprint density at radius 1 is 1.04 bits per heavy atom. The lowest BCUT2D eigenvalue weighted by Gasteiger charge is -2.32. The van der Waals surface area contributed by atoms with Crippen molar-refractivity contribution in [3.63, 3.8) is 0 Å². The minimum absolute atomic E-state index is 0.260. The number of halogens is 3. The molecule has 2 aliphatic heterocycles. The van der Waals surface area contributed by atoms with Gasteiger partial charge in [-0.15, -0.1) is 0 Å². The maximum Gasteiger partial charge on any atom is 0.494 e. The molecule has 2 aliphatic rings. The van der Waals surface area contributed by atoms with Crippen molar-refractivity contribution in [2.24, 2.45) is 0 Å². The fourth-order valence-electron chi connectivity index (χ4n) is 3.38. The van der Waals surface area contributed by atoms with Crippen molar-refractivity contribution in [2.75, 3.05) is 13.1 Å². The summed E-state index contributed by atoms with van der Waals surface area (Å²) in [6.07, 6.45) is -2.00. The van der Waals surface area contributed by atoms with Crippen molar-refractivity contribution in [2.45, 2.75) is 64.3 Å². The maximum absolute atomic E-state index is 13.7. The van der Waals surface area contributed by atoms with Crippen LogP contribution in [0.3, 0.4) is 0 Å². The third-order valence-corrected chi connectivity index (χ3v) is 5.75. The molecule has 0 aromatic heterocycles. The van der Waals surface area contributed by atoms with Crippen molar-refractivity contribution in [3.8, 4) is 0 Å². The van der Waals surface area contributed by atoms with Crippen LogP contribution in [0.2, 0.25) is 0 Å². The highest BCUT2D eigenvalue weighted by Gasteiger charge is 2.52. The van der Waals surface area contributed by atoms with Gasteiger partial charge in [0, 0.05) is 13.1 Å². The van der Waals surface area contributed by atoms with Crippen LogP contribution in [-0.2, 0) is 15.5 Å². The first-order chi connectivity index (χ1) is 12.4. The average Bonchev–Trinajstić information content (AvgIpc) is 2.81. The van der Waals surface area contributed by atoms with Gasteiger partial charge in [-0.1, -0.05) is 6.07 Å². The predicted octanol–water partition coefficient (Wildman–Crippen LogP) is 3.63. The van der Waals surface area contributed by atoms with Gasteiger partial charge in [0.15, 0.2) is 0 Å². The second-order valence-electron chi connectivity index (χ2n) is 8.24. The van der Waals surface area contributed by atoms with E-state index in [0.717, 1.165) is 25.3 Å². The number of alkyl halides is 3. The summed E-state index contributed by atoms with van der Waals surface area (Å²) < 4.78 is 52.8. The highest BCUT2D eigenvalue weighted by molar-refractivity contribution is 6.62. The standard InChI is InChI=1S/C19H25BF3NO3/c1-17(2)18(3,4)27-20(26-17)13-8-9-14(15(12-13)19(21,22)23)16(25)24-10-6-5-7-11-24/h8-9,12H,5-7,10-11H2,1-4H3. The first kappa shape index (κ1) is 20.2. The van der Waals surface area contributed by atoms with Crippen LogP contribution in [0.25, 0.3) is 0 Å². The zero-order chi connectivity index (χ0) is 20.0. The largest absolute Gasteiger partial charge is 0.494 e. The third-order valence-electron chi connectivity index (χ3n) is 5.75. The number of benzene rings is 1. The number of carbonyl (C=O) groups excluding carboxylic acids is 1. The van der Waals surface area contributed by atoms with Crippen molar-refractivity contribution in [3.05, 3.63) is 29.3 Å². The van der Waals surface area contributed by atoms with E-state index in [-0.39, 0.29) is 11.0 Å². The Bertz CT molecular complexity index is 711. The number of piperidine rings is 1. The van der Waals surface area contributed by atoms with Crippen molar-refractivity contribution in [1.82, 2.24) is 4.90 Å². The molecule has 0 radical (unpaired) electrons. The Balaban J connectivity index is 1.95. The number of nitrogens with zero attached hydrogens (tertiary/aromatic N) is 1. The minimum Gasteiger partial charge on any atom is -0.399 e. The van der Waals surface area contributed by atoms with Crippen LogP contribution in [0.5, 0.6) is 0 Å². The Morgan fingerprint density at radius 2 is 1.59 bits per heavy atom. The van der Waals surface area contributed by atoms with E-state index in [2.05, 4.69) is 0 Å². The Hall–Kier alpha value is -1.54. The lowest BCUT2D eigenvalue weighted by Crippen LogP contribution is -2.41. The summed E-state index contributed by atoms with van der Waals surface area (Å²) in [5.41, 5.74) is -2.30. The number of likely N-dealkylation sites (tertiary alicyclic amines) is 1. The summed E-state index contributed by atoms with van der Waals surface area (Å²) in [6.45, 7) is 8.35. The van der Waals surface area contributed by atoms with E-state index in [1.54, 1.807) is 0 Å². The molecule has 2 saturated heterocycles. The molecule has 0 aliphatic carbocycles. The smallest absolute Gasteiger partial charge is 0.399 e. The van der Waals surface area contributed by atoms with E-state index in [4.69, 9.17) is 9.31 Å². The first-order valence-corrected chi connectivity index (χ1v) is 9.28. The predicted molar refractivity (Wildman–Crippen MR) is 96.9 cm³/mol. The van der Waals surface area contributed by atoms with Gasteiger partial charge >= 0.3 is 13.3 Å². The zero-order valence-corrected chi connectivity index (χ0v) is 16.2. The molecule has 2 fully saturated rings. The van der Waals surface area contributed by atoms with Gasteiger partial charge in [-0.2, -0.15) is 13.2 Å². The monoisotopic (exact) mass is 383 g/mol. The molecule has 148 valence electrons. The molecule has 1 amide bonds. The number of rotatable bonds is 2. The molecule has 8 heteroatoms. The quantitative estimate of drug-likeness (QED) is 0.733. The van der Waals surface area contributed by atoms with Crippen molar-refractivity contribution < 1.29 is 27.3 Å². The van der Waals surface area contributed by atoms with Crippen molar-refractivity contribution >= 4 is 18.5 Å². The molecule has 0 N–H and O–H groups in total. The molecule has 27 heavy (non-hydrogen) atoms. The highest BCUT2D eigenvalue weighted by atomic mass is 19.4. The van der Waals surface area contributed by atoms with Crippen LogP contribution in [-0.4, -0.2) is 42.2 Å². The van der Waals surface area contributed by atoms with E-state index in [0.29, 0.717) is 13.1 Å². The van der Waals surface area contributed by atoms with Gasteiger partial charge in [0.25, 0.3) is 5.91 Å². The van der Waals surface area contributed by atoms with Crippen LogP contribution >= 0.6 is 0 Å². The van der Waals surface area contributed by atoms with Crippen LogP contribution in [0, 0.1) is 0 Å². The molecule has 2 heterocycles. The van der Waals surface area contributed by atoms with Gasteiger partial charge in [0.2, 0.25) is 0 Å². The average molecular weight is 383 g/mol. The summed E-state index contributed by atoms with van der Waals surface area (Å²) >= 11 is 0. The molecule has 4 nitrogen and oxygen atoms in total. The van der Waals surface area contributed by atoms with Crippen LogP contribution in [0.4, 0.5) is 13.2 Å². The van der Waals surface area contributed by atoms with E-state index in [9.17, 15) is 18.0 Å². The molecule has 3 rings (SSSR count). The third kappa shape index (κ3) is 3.87. The first-order valence-electron chi connectivity index (χ1n) is 9.28. The van der Waals surface area contributed by atoms with E-state index >= 15 is 0 Å². The molecule has 1 aromatic rings. The minimum atomic E-state index is -4.64. The summed E-state index contributed by atoms with van der Waals surface area (Å²) in [5.74, 6) is -0.567. The Labute approximate surface area is 158 Å². The van der Waals surface area contributed by atoms with E-state index in [1.165, 1.54) is 17.0 Å². The van der Waals surface area contributed by atoms with Gasteiger partial charge in [0.05, 0.1) is 22.3 Å². The summed E-state index contributed by atoms with van der Waals surface area (Å²) in [4.78, 5) is 14.2. The summed E-state index contributed by atoms with van der Waals surface area (Å²) in [6, 6.07) is 3.73. The van der Waals surface area contributed by atoms with E-state index < -0.39 is 36.0 Å². The second kappa shape index (κ2) is 6.81. The van der Waals surface area contributed by atoms with E-state index in [1.807, 2.05) is 27.7 Å².